The van der Waals surface area contributed by atoms with E-state index >= 15 is 0 Å². The van der Waals surface area contributed by atoms with E-state index in [-0.39, 0.29) is 11.7 Å². The monoisotopic (exact) mass is 418 g/mol. The Kier molecular flexibility index (Phi) is 5.05. The number of anilines is 2. The van der Waals surface area contributed by atoms with Crippen LogP contribution in [0.1, 0.15) is 31.4 Å². The molecular weight excluding hydrogens is 392 g/mol. The molecule has 8 heteroatoms. The minimum atomic E-state index is -0.381. The number of amides is 1. The third-order valence-electron chi connectivity index (χ3n) is 6.39. The first-order valence-corrected chi connectivity index (χ1v) is 10.7. The summed E-state index contributed by atoms with van der Waals surface area (Å²) in [4.78, 5) is 22.9. The van der Waals surface area contributed by atoms with Gasteiger partial charge in [-0.05, 0) is 62.8 Å². The van der Waals surface area contributed by atoms with Gasteiger partial charge in [0.1, 0.15) is 17.2 Å². The molecule has 31 heavy (non-hydrogen) atoms. The molecule has 1 saturated carbocycles. The summed E-state index contributed by atoms with van der Waals surface area (Å²) in [6, 6.07) is 9.66. The number of carbonyl (C=O) groups excluding carboxylic acids is 1. The summed E-state index contributed by atoms with van der Waals surface area (Å²) in [5.41, 5.74) is 2.71. The van der Waals surface area contributed by atoms with Crippen LogP contribution in [0.5, 0.6) is 0 Å². The molecule has 3 aromatic heterocycles. The van der Waals surface area contributed by atoms with E-state index in [1.807, 2.05) is 43.6 Å². The van der Waals surface area contributed by atoms with Crippen molar-refractivity contribution in [2.24, 2.45) is 5.92 Å². The highest BCUT2D eigenvalue weighted by Gasteiger charge is 2.47. The Balaban J connectivity index is 1.14. The summed E-state index contributed by atoms with van der Waals surface area (Å²) < 4.78 is 5.83. The van der Waals surface area contributed by atoms with Gasteiger partial charge in [-0.25, -0.2) is 14.8 Å². The Bertz CT molecular complexity index is 1040. The molecule has 160 valence electrons. The van der Waals surface area contributed by atoms with E-state index in [2.05, 4.69) is 31.5 Å². The summed E-state index contributed by atoms with van der Waals surface area (Å²) in [5, 5.41) is 10.5. The molecule has 8 nitrogen and oxygen atoms in total. The van der Waals surface area contributed by atoms with E-state index < -0.39 is 0 Å². The van der Waals surface area contributed by atoms with E-state index in [0.717, 1.165) is 54.9 Å². The van der Waals surface area contributed by atoms with E-state index in [1.54, 1.807) is 11.1 Å². The smallest absolute Gasteiger partial charge is 0.416 e. The van der Waals surface area contributed by atoms with Gasteiger partial charge in [0.25, 0.3) is 0 Å². The average Bonchev–Trinajstić information content (AvgIpc) is 3.37. The van der Waals surface area contributed by atoms with Gasteiger partial charge < -0.3 is 10.1 Å². The van der Waals surface area contributed by atoms with Gasteiger partial charge in [0.2, 0.25) is 0 Å². The molecule has 0 atom stereocenters. The number of nitrogens with one attached hydrogen (secondary N) is 2. The molecule has 5 rings (SSSR count). The largest absolute Gasteiger partial charge is 0.441 e. The molecule has 1 aliphatic carbocycles. The van der Waals surface area contributed by atoms with Crippen LogP contribution < -0.4 is 10.2 Å². The van der Waals surface area contributed by atoms with Gasteiger partial charge in [-0.3, -0.25) is 10.00 Å². The molecule has 0 radical (unpaired) electrons. The van der Waals surface area contributed by atoms with E-state index in [0.29, 0.717) is 18.3 Å². The highest BCUT2D eigenvalue weighted by atomic mass is 16.6. The number of nitrogens with zero attached hydrogens (tertiary/aromatic N) is 4. The third kappa shape index (κ3) is 3.97. The average molecular weight is 419 g/mol. The van der Waals surface area contributed by atoms with Gasteiger partial charge >= 0.3 is 6.09 Å². The summed E-state index contributed by atoms with van der Waals surface area (Å²) >= 11 is 0. The lowest BCUT2D eigenvalue weighted by Gasteiger charge is -2.35. The number of aryl methyl sites for hydroxylation is 1. The molecule has 0 bridgehead atoms. The maximum absolute atomic E-state index is 12.4. The first-order chi connectivity index (χ1) is 15.1. The lowest BCUT2D eigenvalue weighted by atomic mass is 9.78. The second-order valence-corrected chi connectivity index (χ2v) is 8.47. The summed E-state index contributed by atoms with van der Waals surface area (Å²) in [6.07, 6.45) is 8.97. The molecule has 3 aromatic rings. The SMILES string of the molecule is Cc1n[nH]cc1-c1ccc(NCC2CCC3(CC2)CN(c2ccccn2)C(=O)O3)nc1. The molecule has 2 N–H and O–H groups in total. The van der Waals surface area contributed by atoms with Crippen LogP contribution >= 0.6 is 0 Å². The topological polar surface area (TPSA) is 96.0 Å². The van der Waals surface area contributed by atoms with Crippen molar-refractivity contribution in [2.75, 3.05) is 23.3 Å². The van der Waals surface area contributed by atoms with Crippen molar-refractivity contribution >= 4 is 17.7 Å². The van der Waals surface area contributed by atoms with Crippen molar-refractivity contribution in [2.45, 2.75) is 38.2 Å². The zero-order chi connectivity index (χ0) is 21.3. The Hall–Kier alpha value is -3.42. The highest BCUT2D eigenvalue weighted by molar-refractivity contribution is 5.89. The molecular formula is C23H26N6O2. The van der Waals surface area contributed by atoms with Crippen LogP contribution in [0.25, 0.3) is 11.1 Å². The number of rotatable bonds is 5. The standard InChI is InChI=1S/C23H26N6O2/c1-16-19(14-27-28-16)18-5-6-20(26-13-18)25-12-17-7-9-23(10-8-17)15-29(22(30)31-23)21-4-2-3-11-24-21/h2-6,11,13-14,17H,7-10,12,15H2,1H3,(H,25,26)(H,27,28). The first-order valence-electron chi connectivity index (χ1n) is 10.7. The van der Waals surface area contributed by atoms with Crippen LogP contribution in [0, 0.1) is 12.8 Å². The minimum absolute atomic E-state index is 0.285. The van der Waals surface area contributed by atoms with Gasteiger partial charge in [0.05, 0.1) is 12.2 Å². The van der Waals surface area contributed by atoms with Crippen molar-refractivity contribution in [1.82, 2.24) is 20.2 Å². The molecule has 1 amide bonds. The fraction of sp³-hybridized carbons (Fsp3) is 0.391. The number of ether oxygens (including phenoxy) is 1. The van der Waals surface area contributed by atoms with Crippen molar-refractivity contribution < 1.29 is 9.53 Å². The molecule has 0 unspecified atom stereocenters. The van der Waals surface area contributed by atoms with Crippen LogP contribution in [-0.2, 0) is 4.74 Å². The number of hydrogen-bond acceptors (Lipinski definition) is 6. The van der Waals surface area contributed by atoms with Gasteiger partial charge in [-0.1, -0.05) is 6.07 Å². The maximum atomic E-state index is 12.4. The molecule has 1 spiro atoms. The number of aromatic amines is 1. The van der Waals surface area contributed by atoms with Crippen LogP contribution in [0.3, 0.4) is 0 Å². The summed E-state index contributed by atoms with van der Waals surface area (Å²) in [6.45, 7) is 3.43. The van der Waals surface area contributed by atoms with Crippen LogP contribution in [-0.4, -0.2) is 44.9 Å². The van der Waals surface area contributed by atoms with Crippen molar-refractivity contribution in [3.63, 3.8) is 0 Å². The van der Waals surface area contributed by atoms with Crippen molar-refractivity contribution in [1.29, 1.82) is 0 Å². The number of aromatic nitrogens is 4. The third-order valence-corrected chi connectivity index (χ3v) is 6.39. The fourth-order valence-electron chi connectivity index (χ4n) is 4.54. The predicted molar refractivity (Wildman–Crippen MR) is 118 cm³/mol. The van der Waals surface area contributed by atoms with Gasteiger partial charge in [-0.2, -0.15) is 5.10 Å². The Morgan fingerprint density at radius 1 is 1.23 bits per heavy atom. The van der Waals surface area contributed by atoms with Crippen molar-refractivity contribution in [3.8, 4) is 11.1 Å². The van der Waals surface area contributed by atoms with Gasteiger partial charge in [0.15, 0.2) is 0 Å². The quantitative estimate of drug-likeness (QED) is 0.646. The van der Waals surface area contributed by atoms with Crippen LogP contribution in [0.15, 0.2) is 48.9 Å². The zero-order valence-electron chi connectivity index (χ0n) is 17.5. The number of H-pyrrole nitrogens is 1. The van der Waals surface area contributed by atoms with Crippen molar-refractivity contribution in [3.05, 3.63) is 54.6 Å². The lowest BCUT2D eigenvalue weighted by Crippen LogP contribution is -2.39. The first kappa shape index (κ1) is 19.5. The number of pyridine rings is 2. The van der Waals surface area contributed by atoms with Gasteiger partial charge in [-0.15, -0.1) is 0 Å². The molecule has 2 fully saturated rings. The molecule has 1 aliphatic heterocycles. The van der Waals surface area contributed by atoms with Crippen LogP contribution in [0.4, 0.5) is 16.4 Å². The maximum Gasteiger partial charge on any atom is 0.416 e. The normalized spacial score (nSPS) is 23.2. The van der Waals surface area contributed by atoms with E-state index in [4.69, 9.17) is 4.74 Å². The lowest BCUT2D eigenvalue weighted by molar-refractivity contribution is 0.0148. The number of hydrogen-bond donors (Lipinski definition) is 2. The Morgan fingerprint density at radius 3 is 2.77 bits per heavy atom. The molecule has 0 aromatic carbocycles. The highest BCUT2D eigenvalue weighted by Crippen LogP contribution is 2.40. The summed E-state index contributed by atoms with van der Waals surface area (Å²) in [5.74, 6) is 2.07. The van der Waals surface area contributed by atoms with Gasteiger partial charge in [0, 0.05) is 36.3 Å². The minimum Gasteiger partial charge on any atom is -0.441 e. The van der Waals surface area contributed by atoms with E-state index in [1.165, 1.54) is 0 Å². The van der Waals surface area contributed by atoms with E-state index in [9.17, 15) is 4.79 Å². The Morgan fingerprint density at radius 2 is 2.10 bits per heavy atom. The molecule has 1 saturated heterocycles. The summed E-state index contributed by atoms with van der Waals surface area (Å²) in [7, 11) is 0. The predicted octanol–water partition coefficient (Wildman–Crippen LogP) is 4.17. The number of carbonyl (C=O) groups is 1. The second-order valence-electron chi connectivity index (χ2n) is 8.47. The second kappa shape index (κ2) is 8.02. The fourth-order valence-corrected chi connectivity index (χ4v) is 4.54. The zero-order valence-corrected chi connectivity index (χ0v) is 17.5. The van der Waals surface area contributed by atoms with Crippen LogP contribution in [0.2, 0.25) is 0 Å². The Labute approximate surface area is 181 Å². The molecule has 4 heterocycles. The molecule has 2 aliphatic rings.